The zero-order chi connectivity index (χ0) is 26.9. The second-order valence-corrected chi connectivity index (χ2v) is 8.79. The lowest BCUT2D eigenvalue weighted by Gasteiger charge is -2.19. The van der Waals surface area contributed by atoms with Crippen molar-refractivity contribution in [3.8, 4) is 11.5 Å². The fraction of sp³-hybridized carbons (Fsp3) is 0.345. The number of fused-ring (bicyclic) bond motifs is 1. The first kappa shape index (κ1) is 27.6. The number of oxazole rings is 1. The van der Waals surface area contributed by atoms with Crippen LogP contribution in [0.15, 0.2) is 58.1 Å². The summed E-state index contributed by atoms with van der Waals surface area (Å²) in [7, 11) is 0. The lowest BCUT2D eigenvalue weighted by molar-refractivity contribution is 0.101. The van der Waals surface area contributed by atoms with Gasteiger partial charge in [-0.15, -0.1) is 0 Å². The molecule has 3 rings (SSSR count). The molecule has 1 heterocycles. The highest BCUT2D eigenvalue weighted by molar-refractivity contribution is 6.05. The third-order valence-corrected chi connectivity index (χ3v) is 6.02. The van der Waals surface area contributed by atoms with Crippen molar-refractivity contribution in [2.45, 2.75) is 53.4 Å². The standard InChI is InChI=1S/C29H33FN2O5/c1-6-7-8-9-24(32-34)15-17-35-27-25(20(4)33)19(3)26-28(37-21(5)31-26)29(27)36-16-14-18(2)22-10-12-23(30)13-11-22/h6-13,18,34H,14-17H2,1-5H3/b7-6-,9-8-,32-24-. The number of oxime groups is 1. The fourth-order valence-electron chi connectivity index (χ4n) is 4.03. The number of benzene rings is 2. The van der Waals surface area contributed by atoms with E-state index in [-0.39, 0.29) is 29.9 Å². The maximum atomic E-state index is 13.3. The topological polar surface area (TPSA) is 94.2 Å². The molecular weight excluding hydrogens is 475 g/mol. The molecule has 7 nitrogen and oxygen atoms in total. The Morgan fingerprint density at radius 1 is 1.16 bits per heavy atom. The Hall–Kier alpha value is -3.94. The predicted octanol–water partition coefficient (Wildman–Crippen LogP) is 7.09. The first-order valence-electron chi connectivity index (χ1n) is 12.2. The van der Waals surface area contributed by atoms with Gasteiger partial charge >= 0.3 is 0 Å². The Morgan fingerprint density at radius 3 is 2.51 bits per heavy atom. The van der Waals surface area contributed by atoms with Crippen LogP contribution in [0, 0.1) is 19.7 Å². The van der Waals surface area contributed by atoms with Crippen LogP contribution in [0.2, 0.25) is 0 Å². The zero-order valence-corrected chi connectivity index (χ0v) is 21.9. The molecular formula is C29H33FN2O5. The van der Waals surface area contributed by atoms with Crippen LogP contribution in [-0.2, 0) is 0 Å². The molecule has 0 spiro atoms. The van der Waals surface area contributed by atoms with Crippen molar-refractivity contribution >= 4 is 22.6 Å². The van der Waals surface area contributed by atoms with Crippen molar-refractivity contribution in [1.82, 2.24) is 4.98 Å². The summed E-state index contributed by atoms with van der Waals surface area (Å²) in [4.78, 5) is 17.2. The molecule has 8 heteroatoms. The number of ketones is 1. The predicted molar refractivity (Wildman–Crippen MR) is 142 cm³/mol. The van der Waals surface area contributed by atoms with Crippen LogP contribution < -0.4 is 9.47 Å². The Morgan fingerprint density at radius 2 is 1.86 bits per heavy atom. The highest BCUT2D eigenvalue weighted by Crippen LogP contribution is 2.43. The maximum Gasteiger partial charge on any atom is 0.207 e. The van der Waals surface area contributed by atoms with Crippen LogP contribution in [0.4, 0.5) is 4.39 Å². The number of carbonyl (C=O) groups excluding carboxylic acids is 1. The number of nitrogens with zero attached hydrogens (tertiary/aromatic N) is 2. The Balaban J connectivity index is 1.90. The van der Waals surface area contributed by atoms with Crippen molar-refractivity contribution in [2.75, 3.05) is 13.2 Å². The number of hydrogen-bond acceptors (Lipinski definition) is 7. The smallest absolute Gasteiger partial charge is 0.207 e. The van der Waals surface area contributed by atoms with Gasteiger partial charge in [-0.3, -0.25) is 4.79 Å². The van der Waals surface area contributed by atoms with E-state index >= 15 is 0 Å². The molecule has 0 aliphatic carbocycles. The third kappa shape index (κ3) is 6.84. The van der Waals surface area contributed by atoms with E-state index in [1.54, 1.807) is 38.1 Å². The van der Waals surface area contributed by atoms with Gasteiger partial charge in [-0.05, 0) is 62.4 Å². The molecule has 0 saturated carbocycles. The molecule has 0 aliphatic rings. The van der Waals surface area contributed by atoms with Crippen molar-refractivity contribution in [2.24, 2.45) is 5.16 Å². The molecule has 1 atom stereocenters. The van der Waals surface area contributed by atoms with Gasteiger partial charge in [-0.1, -0.05) is 42.4 Å². The molecule has 0 radical (unpaired) electrons. The number of halogens is 1. The molecule has 0 amide bonds. The number of carbonyl (C=O) groups is 1. The Bertz CT molecular complexity index is 1320. The van der Waals surface area contributed by atoms with Gasteiger partial charge in [0.15, 0.2) is 17.4 Å². The van der Waals surface area contributed by atoms with Gasteiger partial charge in [0, 0.05) is 13.3 Å². The third-order valence-electron chi connectivity index (χ3n) is 6.02. The normalized spacial score (nSPS) is 13.1. The molecule has 3 aromatic rings. The minimum Gasteiger partial charge on any atom is -0.488 e. The van der Waals surface area contributed by atoms with Gasteiger partial charge < -0.3 is 19.1 Å². The number of aromatic nitrogens is 1. The largest absolute Gasteiger partial charge is 0.488 e. The van der Waals surface area contributed by atoms with E-state index in [1.165, 1.54) is 19.1 Å². The van der Waals surface area contributed by atoms with E-state index in [0.717, 1.165) is 5.56 Å². The van der Waals surface area contributed by atoms with Gasteiger partial charge in [-0.2, -0.15) is 0 Å². The summed E-state index contributed by atoms with van der Waals surface area (Å²) in [6, 6.07) is 6.40. The van der Waals surface area contributed by atoms with Crippen LogP contribution in [-0.4, -0.2) is 34.9 Å². The summed E-state index contributed by atoms with van der Waals surface area (Å²) in [5.74, 6) is 0.673. The summed E-state index contributed by atoms with van der Waals surface area (Å²) in [5.41, 5.74) is 3.39. The average Bonchev–Trinajstić information content (AvgIpc) is 3.26. The minimum absolute atomic E-state index is 0.113. The first-order chi connectivity index (χ1) is 17.8. The van der Waals surface area contributed by atoms with E-state index in [9.17, 15) is 14.4 Å². The summed E-state index contributed by atoms with van der Waals surface area (Å²) in [6.07, 6.45) is 8.06. The van der Waals surface area contributed by atoms with Crippen LogP contribution in [0.3, 0.4) is 0 Å². The number of ether oxygens (including phenoxy) is 2. The zero-order valence-electron chi connectivity index (χ0n) is 21.9. The molecule has 0 fully saturated rings. The second kappa shape index (κ2) is 12.9. The van der Waals surface area contributed by atoms with E-state index in [1.807, 2.05) is 26.0 Å². The van der Waals surface area contributed by atoms with Crippen LogP contribution in [0.1, 0.15) is 66.9 Å². The monoisotopic (exact) mass is 508 g/mol. The van der Waals surface area contributed by atoms with Gasteiger partial charge in [0.1, 0.15) is 11.3 Å². The van der Waals surface area contributed by atoms with Crippen molar-refractivity contribution in [1.29, 1.82) is 0 Å². The van der Waals surface area contributed by atoms with Crippen molar-refractivity contribution in [3.63, 3.8) is 0 Å². The molecule has 1 N–H and O–H groups in total. The van der Waals surface area contributed by atoms with Crippen molar-refractivity contribution in [3.05, 3.63) is 77.0 Å². The fourth-order valence-corrected chi connectivity index (χ4v) is 4.03. The number of aryl methyl sites for hydroxylation is 2. The number of hydrogen-bond donors (Lipinski definition) is 1. The molecule has 1 aromatic heterocycles. The van der Waals surface area contributed by atoms with Gasteiger partial charge in [0.25, 0.3) is 0 Å². The van der Waals surface area contributed by atoms with Gasteiger partial charge in [-0.25, -0.2) is 9.37 Å². The Kier molecular flexibility index (Phi) is 9.60. The maximum absolute atomic E-state index is 13.3. The average molecular weight is 509 g/mol. The van der Waals surface area contributed by atoms with E-state index in [2.05, 4.69) is 10.1 Å². The molecule has 0 saturated heterocycles. The van der Waals surface area contributed by atoms with Crippen LogP contribution in [0.25, 0.3) is 11.1 Å². The lowest BCUT2D eigenvalue weighted by Crippen LogP contribution is -2.11. The first-order valence-corrected chi connectivity index (χ1v) is 12.2. The lowest BCUT2D eigenvalue weighted by atomic mass is 9.98. The molecule has 0 aliphatic heterocycles. The summed E-state index contributed by atoms with van der Waals surface area (Å²) >= 11 is 0. The quantitative estimate of drug-likeness (QED) is 0.0923. The number of rotatable bonds is 12. The van der Waals surface area contributed by atoms with E-state index < -0.39 is 0 Å². The summed E-state index contributed by atoms with van der Waals surface area (Å²) < 4.78 is 31.5. The summed E-state index contributed by atoms with van der Waals surface area (Å²) in [6.45, 7) is 9.37. The van der Waals surface area contributed by atoms with Crippen LogP contribution in [0.5, 0.6) is 11.5 Å². The molecule has 2 aromatic carbocycles. The summed E-state index contributed by atoms with van der Waals surface area (Å²) in [5, 5.41) is 12.6. The molecule has 37 heavy (non-hydrogen) atoms. The van der Waals surface area contributed by atoms with E-state index in [0.29, 0.717) is 59.0 Å². The molecule has 196 valence electrons. The minimum atomic E-state index is -0.278. The van der Waals surface area contributed by atoms with Crippen molar-refractivity contribution < 1.29 is 28.3 Å². The highest BCUT2D eigenvalue weighted by Gasteiger charge is 2.26. The Labute approximate surface area is 216 Å². The van der Waals surface area contributed by atoms with Gasteiger partial charge in [0.2, 0.25) is 11.3 Å². The second-order valence-electron chi connectivity index (χ2n) is 8.79. The van der Waals surface area contributed by atoms with E-state index in [4.69, 9.17) is 13.9 Å². The SMILES string of the molecule is C\C=C/C=C\C(CCOc1c(C(C)=O)c(C)c2nc(C)oc2c1OCCC(C)c1ccc(F)cc1)=N\O. The highest BCUT2D eigenvalue weighted by atomic mass is 19.1. The number of allylic oxidation sites excluding steroid dienone is 4. The van der Waals surface area contributed by atoms with Gasteiger partial charge in [0.05, 0.1) is 24.5 Å². The molecule has 1 unspecified atom stereocenters. The number of Topliss-reactive ketones (excluding diaryl/α,β-unsaturated/α-hetero) is 1. The molecule has 0 bridgehead atoms. The van der Waals surface area contributed by atoms with Crippen LogP contribution >= 0.6 is 0 Å².